The summed E-state index contributed by atoms with van der Waals surface area (Å²) in [6.07, 6.45) is 0. The lowest BCUT2D eigenvalue weighted by atomic mass is 10.2. The van der Waals surface area contributed by atoms with Crippen LogP contribution in [0.4, 0.5) is 11.4 Å². The van der Waals surface area contributed by atoms with Crippen LogP contribution in [0.3, 0.4) is 0 Å². The molecule has 0 saturated carbocycles. The summed E-state index contributed by atoms with van der Waals surface area (Å²) < 4.78 is 5.59. The quantitative estimate of drug-likeness (QED) is 0.533. The van der Waals surface area contributed by atoms with Crippen molar-refractivity contribution in [1.29, 1.82) is 0 Å². The van der Waals surface area contributed by atoms with Crippen molar-refractivity contribution in [2.45, 2.75) is 13.5 Å². The number of amides is 1. The minimum absolute atomic E-state index is 0.0819. The van der Waals surface area contributed by atoms with E-state index in [0.717, 1.165) is 22.5 Å². The molecular formula is C23H22N2O4. The minimum atomic E-state index is -0.951. The predicted octanol–water partition coefficient (Wildman–Crippen LogP) is 4.32. The third kappa shape index (κ3) is 6.10. The number of aryl methyl sites for hydroxylation is 1. The van der Waals surface area contributed by atoms with Gasteiger partial charge in [0.1, 0.15) is 5.75 Å². The zero-order chi connectivity index (χ0) is 20.6. The molecule has 0 heterocycles. The molecule has 0 aliphatic carbocycles. The predicted molar refractivity (Wildman–Crippen MR) is 112 cm³/mol. The Hall–Kier alpha value is -3.80. The summed E-state index contributed by atoms with van der Waals surface area (Å²) in [4.78, 5) is 22.9. The number of carbonyl (C=O) groups is 2. The number of anilines is 2. The molecule has 0 aliphatic rings. The Morgan fingerprint density at radius 3 is 2.31 bits per heavy atom. The van der Waals surface area contributed by atoms with Gasteiger partial charge in [0.2, 0.25) is 0 Å². The largest absolute Gasteiger partial charge is 0.484 e. The second-order valence-electron chi connectivity index (χ2n) is 6.59. The minimum Gasteiger partial charge on any atom is -0.484 e. The fourth-order valence-electron chi connectivity index (χ4n) is 2.66. The number of hydrogen-bond acceptors (Lipinski definition) is 4. The second-order valence-corrected chi connectivity index (χ2v) is 6.59. The molecule has 29 heavy (non-hydrogen) atoms. The third-order valence-corrected chi connectivity index (χ3v) is 4.23. The summed E-state index contributed by atoms with van der Waals surface area (Å²) >= 11 is 0. The van der Waals surface area contributed by atoms with Gasteiger partial charge in [-0.15, -0.1) is 0 Å². The average molecular weight is 390 g/mol. The van der Waals surface area contributed by atoms with E-state index in [9.17, 15) is 9.59 Å². The van der Waals surface area contributed by atoms with Crippen LogP contribution in [0.5, 0.6) is 5.75 Å². The van der Waals surface area contributed by atoms with Crippen molar-refractivity contribution in [2.24, 2.45) is 0 Å². The number of hydrogen-bond donors (Lipinski definition) is 3. The Morgan fingerprint density at radius 1 is 0.931 bits per heavy atom. The molecule has 0 spiro atoms. The Kier molecular flexibility index (Phi) is 6.47. The highest BCUT2D eigenvalue weighted by molar-refractivity contribution is 5.91. The Labute approximate surface area is 169 Å². The zero-order valence-corrected chi connectivity index (χ0v) is 16.0. The first kappa shape index (κ1) is 19.9. The van der Waals surface area contributed by atoms with Gasteiger partial charge in [-0.3, -0.25) is 4.79 Å². The highest BCUT2D eigenvalue weighted by Crippen LogP contribution is 2.16. The molecule has 148 valence electrons. The van der Waals surface area contributed by atoms with E-state index in [-0.39, 0.29) is 18.1 Å². The molecule has 3 aromatic carbocycles. The van der Waals surface area contributed by atoms with Crippen molar-refractivity contribution < 1.29 is 19.4 Å². The van der Waals surface area contributed by atoms with Crippen LogP contribution in [-0.4, -0.2) is 23.6 Å². The zero-order valence-electron chi connectivity index (χ0n) is 16.0. The van der Waals surface area contributed by atoms with Crippen LogP contribution >= 0.6 is 0 Å². The second kappa shape index (κ2) is 9.41. The number of carboxylic acids is 1. The molecule has 6 nitrogen and oxygen atoms in total. The number of nitrogens with one attached hydrogen (secondary N) is 2. The molecule has 0 saturated heterocycles. The van der Waals surface area contributed by atoms with Crippen LogP contribution in [0.2, 0.25) is 0 Å². The maximum absolute atomic E-state index is 12.1. The van der Waals surface area contributed by atoms with Gasteiger partial charge in [0.25, 0.3) is 5.91 Å². The smallest absolute Gasteiger partial charge is 0.335 e. The number of ether oxygens (including phenoxy) is 1. The summed E-state index contributed by atoms with van der Waals surface area (Å²) in [7, 11) is 0. The van der Waals surface area contributed by atoms with Gasteiger partial charge in [-0.2, -0.15) is 0 Å². The maximum atomic E-state index is 12.1. The van der Waals surface area contributed by atoms with Crippen molar-refractivity contribution in [3.63, 3.8) is 0 Å². The molecule has 0 fully saturated rings. The number of aromatic carboxylic acids is 1. The van der Waals surface area contributed by atoms with Gasteiger partial charge >= 0.3 is 5.97 Å². The molecule has 3 N–H and O–H groups in total. The van der Waals surface area contributed by atoms with E-state index in [2.05, 4.69) is 10.6 Å². The van der Waals surface area contributed by atoms with E-state index in [4.69, 9.17) is 9.84 Å². The van der Waals surface area contributed by atoms with Crippen molar-refractivity contribution in [3.05, 3.63) is 89.5 Å². The van der Waals surface area contributed by atoms with Crippen LogP contribution < -0.4 is 15.4 Å². The van der Waals surface area contributed by atoms with E-state index in [1.807, 2.05) is 49.4 Å². The number of benzene rings is 3. The summed E-state index contributed by atoms with van der Waals surface area (Å²) in [5, 5.41) is 15.0. The number of carbonyl (C=O) groups excluding carboxylic acids is 1. The summed E-state index contributed by atoms with van der Waals surface area (Å²) in [5.74, 6) is -0.576. The van der Waals surface area contributed by atoms with Gasteiger partial charge in [-0.05, 0) is 61.0 Å². The van der Waals surface area contributed by atoms with E-state index >= 15 is 0 Å². The fourth-order valence-corrected chi connectivity index (χ4v) is 2.66. The molecule has 0 atom stereocenters. The van der Waals surface area contributed by atoms with Crippen LogP contribution in [0, 0.1) is 6.92 Å². The van der Waals surface area contributed by atoms with E-state index in [0.29, 0.717) is 12.3 Å². The average Bonchev–Trinajstić information content (AvgIpc) is 2.73. The summed E-state index contributed by atoms with van der Waals surface area (Å²) in [5.41, 5.74) is 3.90. The Bertz CT molecular complexity index is 983. The summed E-state index contributed by atoms with van der Waals surface area (Å²) in [6, 6.07) is 21.6. The third-order valence-electron chi connectivity index (χ3n) is 4.23. The number of rotatable bonds is 8. The maximum Gasteiger partial charge on any atom is 0.335 e. The molecule has 0 aliphatic heterocycles. The van der Waals surface area contributed by atoms with Crippen molar-refractivity contribution in [3.8, 4) is 5.75 Å². The molecule has 1 amide bonds. The fraction of sp³-hybridized carbons (Fsp3) is 0.130. The van der Waals surface area contributed by atoms with Crippen LogP contribution in [0.25, 0.3) is 0 Å². The van der Waals surface area contributed by atoms with Gasteiger partial charge in [0, 0.05) is 17.9 Å². The van der Waals surface area contributed by atoms with Crippen LogP contribution in [-0.2, 0) is 11.3 Å². The first-order valence-corrected chi connectivity index (χ1v) is 9.15. The summed E-state index contributed by atoms with van der Waals surface area (Å²) in [6.45, 7) is 2.45. The van der Waals surface area contributed by atoms with Crippen LogP contribution in [0.1, 0.15) is 21.5 Å². The molecular weight excluding hydrogens is 368 g/mol. The molecule has 0 radical (unpaired) electrons. The SMILES string of the molecule is Cc1ccc(NC(=O)COc2cccc(CNc3ccc(C(=O)O)cc3)c2)cc1. The highest BCUT2D eigenvalue weighted by atomic mass is 16.5. The van der Waals surface area contributed by atoms with Crippen molar-refractivity contribution >= 4 is 23.3 Å². The molecule has 3 aromatic rings. The van der Waals surface area contributed by atoms with E-state index in [1.165, 1.54) is 0 Å². The van der Waals surface area contributed by atoms with Crippen LogP contribution in [0.15, 0.2) is 72.8 Å². The number of carboxylic acid groups (broad SMARTS) is 1. The highest BCUT2D eigenvalue weighted by Gasteiger charge is 2.05. The lowest BCUT2D eigenvalue weighted by molar-refractivity contribution is -0.118. The van der Waals surface area contributed by atoms with Gasteiger partial charge in [-0.1, -0.05) is 29.8 Å². The first-order valence-electron chi connectivity index (χ1n) is 9.15. The topological polar surface area (TPSA) is 87.7 Å². The Balaban J connectivity index is 1.50. The molecule has 3 rings (SSSR count). The molecule has 0 aromatic heterocycles. The first-order chi connectivity index (χ1) is 14.0. The van der Waals surface area contributed by atoms with Crippen molar-refractivity contribution in [2.75, 3.05) is 17.2 Å². The standard InChI is InChI=1S/C23H22N2O4/c1-16-5-9-20(10-6-16)25-22(26)15-29-21-4-2-3-17(13-21)14-24-19-11-7-18(8-12-19)23(27)28/h2-13,24H,14-15H2,1H3,(H,25,26)(H,27,28). The van der Waals surface area contributed by atoms with Gasteiger partial charge in [0.15, 0.2) is 6.61 Å². The lowest BCUT2D eigenvalue weighted by Gasteiger charge is -2.10. The normalized spacial score (nSPS) is 10.2. The Morgan fingerprint density at radius 2 is 1.62 bits per heavy atom. The van der Waals surface area contributed by atoms with Gasteiger partial charge in [-0.25, -0.2) is 4.79 Å². The lowest BCUT2D eigenvalue weighted by Crippen LogP contribution is -2.20. The monoisotopic (exact) mass is 390 g/mol. The molecule has 0 bridgehead atoms. The van der Waals surface area contributed by atoms with Gasteiger partial charge in [0.05, 0.1) is 5.56 Å². The molecule has 6 heteroatoms. The van der Waals surface area contributed by atoms with E-state index in [1.54, 1.807) is 30.3 Å². The molecule has 0 unspecified atom stereocenters. The van der Waals surface area contributed by atoms with Crippen molar-refractivity contribution in [1.82, 2.24) is 0 Å². The van der Waals surface area contributed by atoms with Gasteiger partial charge < -0.3 is 20.5 Å². The van der Waals surface area contributed by atoms with E-state index < -0.39 is 5.97 Å².